The molecule has 0 aromatic heterocycles. The van der Waals surface area contributed by atoms with Crippen molar-refractivity contribution in [1.29, 1.82) is 0 Å². The maximum atomic E-state index is 13.3. The Balaban J connectivity index is 2.45. The number of rotatable bonds is 5. The van der Waals surface area contributed by atoms with Gasteiger partial charge in [0.05, 0.1) is 23.8 Å². The van der Waals surface area contributed by atoms with E-state index in [-0.39, 0.29) is 30.0 Å². The lowest BCUT2D eigenvalue weighted by molar-refractivity contribution is -0.142. The highest BCUT2D eigenvalue weighted by Gasteiger charge is 2.39. The molecule has 1 aliphatic heterocycles. The van der Waals surface area contributed by atoms with Crippen LogP contribution in [0.2, 0.25) is 0 Å². The van der Waals surface area contributed by atoms with Crippen LogP contribution in [0.15, 0.2) is 35.5 Å². The van der Waals surface area contributed by atoms with Crippen LogP contribution in [0, 0.1) is 0 Å². The zero-order valence-corrected chi connectivity index (χ0v) is 13.6. The van der Waals surface area contributed by atoms with Gasteiger partial charge < -0.3 is 20.1 Å². The maximum Gasteiger partial charge on any atom is 0.416 e. The molecule has 2 amide bonds. The number of allylic oxidation sites excluding steroid dienone is 1. The van der Waals surface area contributed by atoms with Crippen molar-refractivity contribution in [3.63, 3.8) is 0 Å². The van der Waals surface area contributed by atoms with Crippen LogP contribution >= 0.6 is 0 Å². The molecule has 25 heavy (non-hydrogen) atoms. The van der Waals surface area contributed by atoms with E-state index in [0.29, 0.717) is 0 Å². The standard InChI is InChI=1S/C16H17F3N2O4/c1-9-12(14(22)25-8-7-24-2)13(21-15(23)20-9)10-5-3-4-6-11(10)16(17,18)19/h3-6,13H,7-8H2,1-2H3,(H2,20,21,23)/t13-/m0/s1. The Morgan fingerprint density at radius 3 is 2.56 bits per heavy atom. The number of halogens is 3. The zero-order valence-electron chi connectivity index (χ0n) is 13.6. The van der Waals surface area contributed by atoms with E-state index in [4.69, 9.17) is 9.47 Å². The van der Waals surface area contributed by atoms with Gasteiger partial charge in [0, 0.05) is 12.8 Å². The van der Waals surface area contributed by atoms with E-state index in [1.807, 2.05) is 0 Å². The first-order valence-electron chi connectivity index (χ1n) is 7.36. The summed E-state index contributed by atoms with van der Waals surface area (Å²) in [6.45, 7) is 1.50. The second-order valence-corrected chi connectivity index (χ2v) is 5.28. The van der Waals surface area contributed by atoms with E-state index in [0.717, 1.165) is 6.07 Å². The molecule has 2 N–H and O–H groups in total. The molecule has 0 spiro atoms. The molecule has 6 nitrogen and oxygen atoms in total. The number of urea groups is 1. The number of esters is 1. The number of carbonyl (C=O) groups excluding carboxylic acids is 2. The second-order valence-electron chi connectivity index (χ2n) is 5.28. The fourth-order valence-electron chi connectivity index (χ4n) is 2.50. The smallest absolute Gasteiger partial charge is 0.416 e. The molecule has 0 saturated carbocycles. The lowest BCUT2D eigenvalue weighted by atomic mass is 9.91. The highest BCUT2D eigenvalue weighted by atomic mass is 19.4. The van der Waals surface area contributed by atoms with Crippen molar-refractivity contribution in [2.24, 2.45) is 0 Å². The summed E-state index contributed by atoms with van der Waals surface area (Å²) >= 11 is 0. The van der Waals surface area contributed by atoms with Crippen LogP contribution in [-0.2, 0) is 20.4 Å². The Morgan fingerprint density at radius 1 is 1.24 bits per heavy atom. The van der Waals surface area contributed by atoms with Gasteiger partial charge in [-0.3, -0.25) is 0 Å². The van der Waals surface area contributed by atoms with Crippen molar-refractivity contribution < 1.29 is 32.2 Å². The van der Waals surface area contributed by atoms with E-state index >= 15 is 0 Å². The first-order chi connectivity index (χ1) is 11.8. The molecular formula is C16H17F3N2O4. The van der Waals surface area contributed by atoms with Gasteiger partial charge in [-0.1, -0.05) is 18.2 Å². The van der Waals surface area contributed by atoms with Gasteiger partial charge in [0.2, 0.25) is 0 Å². The van der Waals surface area contributed by atoms with Gasteiger partial charge in [0.25, 0.3) is 0 Å². The molecule has 1 heterocycles. The molecule has 1 aliphatic rings. The topological polar surface area (TPSA) is 76.7 Å². The van der Waals surface area contributed by atoms with Crippen molar-refractivity contribution in [1.82, 2.24) is 10.6 Å². The van der Waals surface area contributed by atoms with Crippen LogP contribution in [-0.4, -0.2) is 32.3 Å². The molecule has 0 saturated heterocycles. The monoisotopic (exact) mass is 358 g/mol. The number of hydrogen-bond acceptors (Lipinski definition) is 4. The number of amides is 2. The maximum absolute atomic E-state index is 13.3. The highest BCUT2D eigenvalue weighted by Crippen LogP contribution is 2.38. The molecule has 0 fully saturated rings. The van der Waals surface area contributed by atoms with Crippen molar-refractivity contribution in [2.45, 2.75) is 19.1 Å². The average Bonchev–Trinajstić information content (AvgIpc) is 2.53. The van der Waals surface area contributed by atoms with Gasteiger partial charge in [-0.2, -0.15) is 13.2 Å². The molecule has 2 rings (SSSR count). The van der Waals surface area contributed by atoms with Crippen molar-refractivity contribution in [3.8, 4) is 0 Å². The summed E-state index contributed by atoms with van der Waals surface area (Å²) in [6, 6.07) is 2.78. The Labute approximate surface area is 142 Å². The molecule has 0 unspecified atom stereocenters. The van der Waals surface area contributed by atoms with Gasteiger partial charge in [-0.25, -0.2) is 9.59 Å². The van der Waals surface area contributed by atoms with E-state index in [2.05, 4.69) is 10.6 Å². The van der Waals surface area contributed by atoms with Gasteiger partial charge >= 0.3 is 18.2 Å². The third-order valence-electron chi connectivity index (χ3n) is 3.59. The molecule has 1 aromatic rings. The number of ether oxygens (including phenoxy) is 2. The normalized spacial score (nSPS) is 17.8. The van der Waals surface area contributed by atoms with Gasteiger partial charge in [0.1, 0.15) is 6.61 Å². The van der Waals surface area contributed by atoms with Crippen LogP contribution in [0.25, 0.3) is 0 Å². The quantitative estimate of drug-likeness (QED) is 0.626. The van der Waals surface area contributed by atoms with E-state index < -0.39 is 29.8 Å². The molecule has 136 valence electrons. The third kappa shape index (κ3) is 4.30. The summed E-state index contributed by atoms with van der Waals surface area (Å²) in [5.74, 6) is -0.830. The minimum Gasteiger partial charge on any atom is -0.460 e. The lowest BCUT2D eigenvalue weighted by Gasteiger charge is -2.29. The Bertz CT molecular complexity index is 701. The van der Waals surface area contributed by atoms with E-state index in [1.54, 1.807) is 0 Å². The summed E-state index contributed by atoms with van der Waals surface area (Å²) in [5.41, 5.74) is -1.12. The minimum absolute atomic E-state index is 0.0618. The van der Waals surface area contributed by atoms with Gasteiger partial charge in [-0.15, -0.1) is 0 Å². The number of alkyl halides is 3. The first kappa shape index (κ1) is 18.8. The predicted molar refractivity (Wildman–Crippen MR) is 81.4 cm³/mol. The summed E-state index contributed by atoms with van der Waals surface area (Å²) in [5, 5.41) is 4.73. The van der Waals surface area contributed by atoms with Crippen LogP contribution in [0.5, 0.6) is 0 Å². The SMILES string of the molecule is COCCOC(=O)C1=C(C)NC(=O)N[C@H]1c1ccccc1C(F)(F)F. The number of hydrogen-bond donors (Lipinski definition) is 2. The molecular weight excluding hydrogens is 341 g/mol. The fourth-order valence-corrected chi connectivity index (χ4v) is 2.50. The van der Waals surface area contributed by atoms with Crippen LogP contribution < -0.4 is 10.6 Å². The van der Waals surface area contributed by atoms with E-state index in [9.17, 15) is 22.8 Å². The number of methoxy groups -OCH3 is 1. The van der Waals surface area contributed by atoms with Crippen molar-refractivity contribution in [3.05, 3.63) is 46.7 Å². The molecule has 0 bridgehead atoms. The molecule has 1 atom stereocenters. The summed E-state index contributed by atoms with van der Waals surface area (Å²) in [6.07, 6.45) is -4.63. The average molecular weight is 358 g/mol. The summed E-state index contributed by atoms with van der Waals surface area (Å²) < 4.78 is 49.7. The molecule has 1 aromatic carbocycles. The van der Waals surface area contributed by atoms with Gasteiger partial charge in [-0.05, 0) is 18.6 Å². The Hall–Kier alpha value is -2.55. The van der Waals surface area contributed by atoms with Crippen LogP contribution in [0.3, 0.4) is 0 Å². The fraction of sp³-hybridized carbons (Fsp3) is 0.375. The lowest BCUT2D eigenvalue weighted by Crippen LogP contribution is -2.45. The Morgan fingerprint density at radius 2 is 1.92 bits per heavy atom. The number of nitrogens with one attached hydrogen (secondary N) is 2. The predicted octanol–water partition coefficient (Wildman–Crippen LogP) is 2.52. The van der Waals surface area contributed by atoms with Crippen LogP contribution in [0.4, 0.5) is 18.0 Å². The number of carbonyl (C=O) groups is 2. The molecule has 0 radical (unpaired) electrons. The van der Waals surface area contributed by atoms with Crippen molar-refractivity contribution >= 4 is 12.0 Å². The largest absolute Gasteiger partial charge is 0.460 e. The van der Waals surface area contributed by atoms with E-state index in [1.165, 1.54) is 32.2 Å². The minimum atomic E-state index is -4.63. The summed E-state index contributed by atoms with van der Waals surface area (Å²) in [4.78, 5) is 24.1. The molecule has 0 aliphatic carbocycles. The number of benzene rings is 1. The summed E-state index contributed by atoms with van der Waals surface area (Å²) in [7, 11) is 1.42. The first-order valence-corrected chi connectivity index (χ1v) is 7.36. The Kier molecular flexibility index (Phi) is 5.68. The zero-order chi connectivity index (χ0) is 18.6. The van der Waals surface area contributed by atoms with Crippen LogP contribution in [0.1, 0.15) is 24.1 Å². The molecule has 9 heteroatoms. The van der Waals surface area contributed by atoms with Crippen molar-refractivity contribution in [2.75, 3.05) is 20.3 Å². The highest BCUT2D eigenvalue weighted by molar-refractivity contribution is 5.95. The second kappa shape index (κ2) is 7.56. The van der Waals surface area contributed by atoms with Gasteiger partial charge in [0.15, 0.2) is 0 Å². The third-order valence-corrected chi connectivity index (χ3v) is 3.59.